The molecular formula is C25H26FN3O2. The number of anilines is 1. The van der Waals surface area contributed by atoms with E-state index < -0.39 is 5.82 Å². The summed E-state index contributed by atoms with van der Waals surface area (Å²) in [6.07, 6.45) is 1.35. The van der Waals surface area contributed by atoms with E-state index in [1.165, 1.54) is 17.5 Å². The van der Waals surface area contributed by atoms with Crippen molar-refractivity contribution in [2.24, 2.45) is 5.41 Å². The molecule has 0 unspecified atom stereocenters. The molecule has 3 heterocycles. The Kier molecular flexibility index (Phi) is 4.70. The number of rotatable bonds is 5. The minimum Gasteiger partial charge on any atom is -0.436 e. The lowest BCUT2D eigenvalue weighted by Crippen LogP contribution is -2.66. The fraction of sp³-hybridized carbons (Fsp3) is 0.360. The molecule has 1 aromatic heterocycles. The highest BCUT2D eigenvalue weighted by Gasteiger charge is 2.50. The lowest BCUT2D eigenvalue weighted by molar-refractivity contribution is -0.127. The molecule has 0 atom stereocenters. The molecule has 0 saturated carbocycles. The summed E-state index contributed by atoms with van der Waals surface area (Å²) < 4.78 is 26.1. The van der Waals surface area contributed by atoms with Crippen molar-refractivity contribution in [2.45, 2.75) is 26.2 Å². The summed E-state index contributed by atoms with van der Waals surface area (Å²) in [5.74, 6) is 0.252. The summed E-state index contributed by atoms with van der Waals surface area (Å²) in [5.41, 5.74) is 3.66. The highest BCUT2D eigenvalue weighted by Crippen LogP contribution is 2.41. The van der Waals surface area contributed by atoms with Gasteiger partial charge in [-0.1, -0.05) is 55.8 Å². The Morgan fingerprint density at radius 2 is 1.58 bits per heavy atom. The monoisotopic (exact) mass is 419 g/mol. The third-order valence-electron chi connectivity index (χ3n) is 6.47. The van der Waals surface area contributed by atoms with Gasteiger partial charge in [-0.3, -0.25) is 0 Å². The molecule has 5 nitrogen and oxygen atoms in total. The summed E-state index contributed by atoms with van der Waals surface area (Å²) in [4.78, 5) is 10.1. The van der Waals surface area contributed by atoms with Gasteiger partial charge in [0.2, 0.25) is 5.82 Å². The van der Waals surface area contributed by atoms with E-state index in [0.29, 0.717) is 11.6 Å². The number of ether oxygens (including phenoxy) is 2. The fourth-order valence-electron chi connectivity index (χ4n) is 4.31. The standard InChI is InChI=1S/C25H26FN3O2/c1-17-4-6-18(7-5-17)24(2,3)19-8-10-20(11-9-19)31-23-21(26)22(27-16-28-23)29-12-25(13-29)14-30-15-25/h4-11,16H,12-15H2,1-3H3. The first-order valence-electron chi connectivity index (χ1n) is 10.6. The van der Waals surface area contributed by atoms with E-state index in [1.54, 1.807) is 0 Å². The van der Waals surface area contributed by atoms with Crippen LogP contribution in [0.4, 0.5) is 10.2 Å². The second-order valence-corrected chi connectivity index (χ2v) is 9.28. The van der Waals surface area contributed by atoms with Crippen LogP contribution >= 0.6 is 0 Å². The van der Waals surface area contributed by atoms with Gasteiger partial charge in [0.15, 0.2) is 5.82 Å². The van der Waals surface area contributed by atoms with Crippen LogP contribution in [0.15, 0.2) is 54.9 Å². The minimum atomic E-state index is -0.526. The number of halogens is 1. The first-order valence-corrected chi connectivity index (χ1v) is 10.6. The molecule has 160 valence electrons. The van der Waals surface area contributed by atoms with E-state index in [-0.39, 0.29) is 16.7 Å². The van der Waals surface area contributed by atoms with Gasteiger partial charge in [0.1, 0.15) is 12.1 Å². The van der Waals surface area contributed by atoms with Gasteiger partial charge in [0.05, 0.1) is 18.6 Å². The molecule has 0 amide bonds. The number of aromatic nitrogens is 2. The summed E-state index contributed by atoms with van der Waals surface area (Å²) in [6, 6.07) is 16.3. The van der Waals surface area contributed by atoms with Crippen LogP contribution in [0.3, 0.4) is 0 Å². The maximum absolute atomic E-state index is 15.0. The molecule has 2 aromatic carbocycles. The predicted octanol–water partition coefficient (Wildman–Crippen LogP) is 4.88. The lowest BCUT2D eigenvalue weighted by Gasteiger charge is -2.55. The Labute approximate surface area is 181 Å². The smallest absolute Gasteiger partial charge is 0.261 e. The molecule has 0 radical (unpaired) electrons. The molecule has 2 fully saturated rings. The molecule has 6 heteroatoms. The maximum atomic E-state index is 15.0. The highest BCUT2D eigenvalue weighted by atomic mass is 19.1. The Morgan fingerprint density at radius 3 is 2.16 bits per heavy atom. The zero-order chi connectivity index (χ0) is 21.6. The van der Waals surface area contributed by atoms with Crippen LogP contribution in [0.2, 0.25) is 0 Å². The zero-order valence-electron chi connectivity index (χ0n) is 18.1. The number of benzene rings is 2. The van der Waals surface area contributed by atoms with Crippen molar-refractivity contribution in [3.05, 3.63) is 77.4 Å². The molecule has 0 N–H and O–H groups in total. The molecule has 2 aliphatic heterocycles. The van der Waals surface area contributed by atoms with Crippen molar-refractivity contribution >= 4 is 5.82 Å². The quantitative estimate of drug-likeness (QED) is 0.590. The Morgan fingerprint density at radius 1 is 0.968 bits per heavy atom. The van der Waals surface area contributed by atoms with Crippen LogP contribution in [0.1, 0.15) is 30.5 Å². The first kappa shape index (κ1) is 19.9. The molecule has 5 rings (SSSR count). The second kappa shape index (κ2) is 7.31. The van der Waals surface area contributed by atoms with Gasteiger partial charge < -0.3 is 14.4 Å². The molecule has 1 spiro atoms. The van der Waals surface area contributed by atoms with Crippen LogP contribution in [0, 0.1) is 18.2 Å². The average Bonchev–Trinajstić information content (AvgIpc) is 2.69. The molecule has 2 aliphatic rings. The largest absolute Gasteiger partial charge is 0.436 e. The summed E-state index contributed by atoms with van der Waals surface area (Å²) in [7, 11) is 0. The average molecular weight is 420 g/mol. The molecule has 31 heavy (non-hydrogen) atoms. The summed E-state index contributed by atoms with van der Waals surface area (Å²) in [5, 5.41) is 0. The van der Waals surface area contributed by atoms with Gasteiger partial charge in [0.25, 0.3) is 5.88 Å². The molecule has 2 saturated heterocycles. The highest BCUT2D eigenvalue weighted by molar-refractivity contribution is 5.48. The van der Waals surface area contributed by atoms with Gasteiger partial charge in [0, 0.05) is 18.5 Å². The Hall–Kier alpha value is -2.99. The van der Waals surface area contributed by atoms with E-state index >= 15 is 4.39 Å². The lowest BCUT2D eigenvalue weighted by atomic mass is 9.78. The SMILES string of the molecule is Cc1ccc(C(C)(C)c2ccc(Oc3ncnc(N4CC5(COC5)C4)c3F)cc2)cc1. The zero-order valence-corrected chi connectivity index (χ0v) is 18.1. The fourth-order valence-corrected chi connectivity index (χ4v) is 4.31. The van der Waals surface area contributed by atoms with E-state index in [4.69, 9.17) is 9.47 Å². The van der Waals surface area contributed by atoms with Gasteiger partial charge in [-0.2, -0.15) is 9.37 Å². The minimum absolute atomic E-state index is 0.0543. The molecule has 3 aromatic rings. The third kappa shape index (κ3) is 3.55. The number of aryl methyl sites for hydroxylation is 1. The van der Waals surface area contributed by atoms with Gasteiger partial charge in [-0.05, 0) is 30.2 Å². The van der Waals surface area contributed by atoms with E-state index in [9.17, 15) is 0 Å². The predicted molar refractivity (Wildman–Crippen MR) is 117 cm³/mol. The van der Waals surface area contributed by atoms with E-state index in [2.05, 4.69) is 55.0 Å². The van der Waals surface area contributed by atoms with Crippen LogP contribution < -0.4 is 9.64 Å². The Balaban J connectivity index is 1.32. The topological polar surface area (TPSA) is 47.5 Å². The number of nitrogens with zero attached hydrogens (tertiary/aromatic N) is 3. The van der Waals surface area contributed by atoms with Gasteiger partial charge in [-0.15, -0.1) is 0 Å². The molecule has 0 aliphatic carbocycles. The first-order chi connectivity index (χ1) is 14.9. The van der Waals surface area contributed by atoms with Crippen molar-refractivity contribution in [3.63, 3.8) is 0 Å². The van der Waals surface area contributed by atoms with Gasteiger partial charge >= 0.3 is 0 Å². The maximum Gasteiger partial charge on any atom is 0.261 e. The Bertz CT molecular complexity index is 1080. The van der Waals surface area contributed by atoms with Crippen LogP contribution in [-0.4, -0.2) is 36.3 Å². The second-order valence-electron chi connectivity index (χ2n) is 9.28. The van der Waals surface area contributed by atoms with E-state index in [0.717, 1.165) is 31.9 Å². The van der Waals surface area contributed by atoms with Crippen molar-refractivity contribution < 1.29 is 13.9 Å². The van der Waals surface area contributed by atoms with Crippen molar-refractivity contribution in [1.29, 1.82) is 0 Å². The third-order valence-corrected chi connectivity index (χ3v) is 6.47. The van der Waals surface area contributed by atoms with Crippen LogP contribution in [-0.2, 0) is 10.2 Å². The van der Waals surface area contributed by atoms with Crippen LogP contribution in [0.5, 0.6) is 11.6 Å². The summed E-state index contributed by atoms with van der Waals surface area (Å²) in [6.45, 7) is 9.46. The van der Waals surface area contributed by atoms with Crippen molar-refractivity contribution in [2.75, 3.05) is 31.2 Å². The van der Waals surface area contributed by atoms with Crippen molar-refractivity contribution in [1.82, 2.24) is 9.97 Å². The summed E-state index contributed by atoms with van der Waals surface area (Å²) >= 11 is 0. The molecule has 0 bridgehead atoms. The number of hydrogen-bond donors (Lipinski definition) is 0. The number of hydrogen-bond acceptors (Lipinski definition) is 5. The van der Waals surface area contributed by atoms with Gasteiger partial charge in [-0.25, -0.2) is 4.98 Å². The molecular weight excluding hydrogens is 393 g/mol. The van der Waals surface area contributed by atoms with E-state index in [1.807, 2.05) is 29.2 Å². The normalized spacial score (nSPS) is 17.2. The van der Waals surface area contributed by atoms with Crippen LogP contribution in [0.25, 0.3) is 0 Å². The van der Waals surface area contributed by atoms with Crippen molar-refractivity contribution in [3.8, 4) is 11.6 Å².